The number of fused-ring (bicyclic) bond motifs is 1. The van der Waals surface area contributed by atoms with Crippen molar-refractivity contribution in [3.63, 3.8) is 0 Å². The van der Waals surface area contributed by atoms with Crippen LogP contribution in [0.5, 0.6) is 0 Å². The first-order valence-electron chi connectivity index (χ1n) is 12.8. The molecule has 5 rings (SSSR count). The maximum Gasteiger partial charge on any atom is 0.265 e. The van der Waals surface area contributed by atoms with Gasteiger partial charge in [0, 0.05) is 17.0 Å². The maximum atomic E-state index is 13.7. The fraction of sp³-hybridized carbons (Fsp3) is 0.152. The molecule has 0 saturated carbocycles. The summed E-state index contributed by atoms with van der Waals surface area (Å²) in [6.07, 6.45) is 2.70. The number of carbonyl (C=O) groups is 2. The Bertz CT molecular complexity index is 1490. The van der Waals surface area contributed by atoms with Crippen LogP contribution in [-0.4, -0.2) is 18.4 Å². The van der Waals surface area contributed by atoms with E-state index < -0.39 is 0 Å². The number of nitrogens with zero attached hydrogens (tertiary/aromatic N) is 1. The van der Waals surface area contributed by atoms with Gasteiger partial charge in [0.1, 0.15) is 0 Å². The Morgan fingerprint density at radius 2 is 1.63 bits per heavy atom. The van der Waals surface area contributed by atoms with Crippen molar-refractivity contribution in [2.75, 3.05) is 11.4 Å². The quantitative estimate of drug-likeness (QED) is 0.269. The third-order valence-electron chi connectivity index (χ3n) is 6.68. The number of amides is 2. The third-order valence-corrected chi connectivity index (χ3v) is 7.76. The molecule has 0 spiro atoms. The van der Waals surface area contributed by atoms with E-state index in [-0.39, 0.29) is 11.8 Å². The number of aryl methyl sites for hydroxylation is 2. The van der Waals surface area contributed by atoms with Gasteiger partial charge in [-0.2, -0.15) is 0 Å². The molecule has 0 unspecified atom stereocenters. The molecule has 0 bridgehead atoms. The van der Waals surface area contributed by atoms with Crippen molar-refractivity contribution in [3.05, 3.63) is 135 Å². The van der Waals surface area contributed by atoms with E-state index >= 15 is 0 Å². The normalized spacial score (nSPS) is 13.9. The van der Waals surface area contributed by atoms with Crippen molar-refractivity contribution >= 4 is 35.3 Å². The molecule has 0 aromatic heterocycles. The van der Waals surface area contributed by atoms with Crippen LogP contribution in [0.25, 0.3) is 6.08 Å². The summed E-state index contributed by atoms with van der Waals surface area (Å²) >= 11 is 1.49. The number of nitrogens with one attached hydrogen (secondary N) is 1. The van der Waals surface area contributed by atoms with Crippen LogP contribution in [-0.2, 0) is 17.8 Å². The molecule has 4 aromatic rings. The van der Waals surface area contributed by atoms with Crippen LogP contribution in [0.15, 0.2) is 107 Å². The lowest BCUT2D eigenvalue weighted by Crippen LogP contribution is -2.34. The molecule has 0 atom stereocenters. The zero-order chi connectivity index (χ0) is 26.5. The second-order valence-corrected chi connectivity index (χ2v) is 10.6. The molecule has 0 radical (unpaired) electrons. The minimum Gasteiger partial charge on any atom is -0.352 e. The van der Waals surface area contributed by atoms with Gasteiger partial charge in [0.15, 0.2) is 0 Å². The highest BCUT2D eigenvalue weighted by molar-refractivity contribution is 8.04. The van der Waals surface area contributed by atoms with E-state index in [4.69, 9.17) is 0 Å². The summed E-state index contributed by atoms with van der Waals surface area (Å²) in [6, 6.07) is 31.9. The van der Waals surface area contributed by atoms with E-state index in [1.54, 1.807) is 0 Å². The molecule has 5 heteroatoms. The lowest BCUT2D eigenvalue weighted by Gasteiger charge is -2.31. The summed E-state index contributed by atoms with van der Waals surface area (Å²) in [5.74, 6) is -0.116. The number of benzene rings is 4. The zero-order valence-corrected chi connectivity index (χ0v) is 22.4. The van der Waals surface area contributed by atoms with Crippen LogP contribution in [0.3, 0.4) is 0 Å². The Balaban J connectivity index is 1.32. The highest BCUT2D eigenvalue weighted by Gasteiger charge is 2.29. The molecule has 0 saturated heterocycles. The average molecular weight is 519 g/mol. The van der Waals surface area contributed by atoms with Crippen LogP contribution in [0.4, 0.5) is 5.69 Å². The number of rotatable bonds is 7. The number of thioether (sulfide) groups is 1. The molecule has 1 aliphatic heterocycles. The van der Waals surface area contributed by atoms with E-state index in [0.717, 1.165) is 28.1 Å². The first-order chi connectivity index (χ1) is 18.5. The Hall–Kier alpha value is -4.09. The van der Waals surface area contributed by atoms with Gasteiger partial charge in [0.25, 0.3) is 11.8 Å². The third kappa shape index (κ3) is 5.90. The molecule has 0 aliphatic carbocycles. The van der Waals surface area contributed by atoms with Gasteiger partial charge >= 0.3 is 0 Å². The second kappa shape index (κ2) is 11.5. The van der Waals surface area contributed by atoms with Gasteiger partial charge in [-0.05, 0) is 72.9 Å². The van der Waals surface area contributed by atoms with E-state index in [0.29, 0.717) is 23.6 Å². The van der Waals surface area contributed by atoms with Crippen LogP contribution >= 0.6 is 11.8 Å². The van der Waals surface area contributed by atoms with Gasteiger partial charge in [0.05, 0.1) is 17.1 Å². The number of para-hydroxylation sites is 1. The number of hydrogen-bond donors (Lipinski definition) is 1. The van der Waals surface area contributed by atoms with Gasteiger partial charge in [-0.15, -0.1) is 0 Å². The molecule has 38 heavy (non-hydrogen) atoms. The number of hydrogen-bond acceptors (Lipinski definition) is 3. The molecule has 2 amide bonds. The zero-order valence-electron chi connectivity index (χ0n) is 21.6. The second-order valence-electron chi connectivity index (χ2n) is 9.51. The van der Waals surface area contributed by atoms with Crippen LogP contribution < -0.4 is 10.2 Å². The Kier molecular flexibility index (Phi) is 7.75. The first-order valence-corrected chi connectivity index (χ1v) is 13.6. The number of carbonyl (C=O) groups excluding carboxylic acids is 2. The largest absolute Gasteiger partial charge is 0.352 e. The molecule has 1 heterocycles. The summed E-state index contributed by atoms with van der Waals surface area (Å²) in [6.45, 7) is 5.25. The summed E-state index contributed by atoms with van der Waals surface area (Å²) in [7, 11) is 0. The van der Waals surface area contributed by atoms with Gasteiger partial charge < -0.3 is 10.2 Å². The summed E-state index contributed by atoms with van der Waals surface area (Å²) in [4.78, 5) is 29.9. The van der Waals surface area contributed by atoms with E-state index in [1.807, 2.05) is 71.6 Å². The van der Waals surface area contributed by atoms with Gasteiger partial charge in [-0.3, -0.25) is 9.59 Å². The van der Waals surface area contributed by atoms with E-state index in [9.17, 15) is 9.59 Å². The Morgan fingerprint density at radius 3 is 2.42 bits per heavy atom. The van der Waals surface area contributed by atoms with Crippen LogP contribution in [0, 0.1) is 13.8 Å². The van der Waals surface area contributed by atoms with Crippen molar-refractivity contribution in [1.29, 1.82) is 0 Å². The predicted molar refractivity (Wildman–Crippen MR) is 156 cm³/mol. The van der Waals surface area contributed by atoms with E-state index in [1.165, 1.54) is 28.5 Å². The highest BCUT2D eigenvalue weighted by atomic mass is 32.2. The van der Waals surface area contributed by atoms with E-state index in [2.05, 4.69) is 55.6 Å². The minimum atomic E-state index is -0.100. The monoisotopic (exact) mass is 518 g/mol. The van der Waals surface area contributed by atoms with Crippen LogP contribution in [0.1, 0.15) is 38.2 Å². The lowest BCUT2D eigenvalue weighted by atomic mass is 10.0. The summed E-state index contributed by atoms with van der Waals surface area (Å²) in [5, 5.41) is 2.98. The summed E-state index contributed by atoms with van der Waals surface area (Å²) < 4.78 is 0. The first kappa shape index (κ1) is 25.6. The standard InChI is InChI=1S/C33H30N2O2S/c1-23-12-13-24(2)28(20-23)22-35-29-10-6-7-11-30(29)38-31(33(35)37)21-26-14-16-27(17-15-26)32(36)34-19-18-25-8-4-3-5-9-25/h3-17,20-21H,18-19,22H2,1-2H3,(H,34,36). The fourth-order valence-electron chi connectivity index (χ4n) is 4.51. The minimum absolute atomic E-state index is 0.0164. The van der Waals surface area contributed by atoms with Crippen molar-refractivity contribution in [2.24, 2.45) is 0 Å². The highest BCUT2D eigenvalue weighted by Crippen LogP contribution is 2.42. The van der Waals surface area contributed by atoms with Gasteiger partial charge in [0.2, 0.25) is 0 Å². The molecule has 190 valence electrons. The van der Waals surface area contributed by atoms with Crippen molar-refractivity contribution in [1.82, 2.24) is 5.32 Å². The van der Waals surface area contributed by atoms with Gasteiger partial charge in [-0.25, -0.2) is 0 Å². The molecule has 4 nitrogen and oxygen atoms in total. The molecular weight excluding hydrogens is 488 g/mol. The number of anilines is 1. The molecule has 4 aromatic carbocycles. The topological polar surface area (TPSA) is 49.4 Å². The molecular formula is C33H30N2O2S. The Morgan fingerprint density at radius 1 is 0.895 bits per heavy atom. The molecule has 0 fully saturated rings. The predicted octanol–water partition coefficient (Wildman–Crippen LogP) is 6.96. The average Bonchev–Trinajstić information content (AvgIpc) is 2.94. The summed E-state index contributed by atoms with van der Waals surface area (Å²) in [5.41, 5.74) is 7.10. The SMILES string of the molecule is Cc1ccc(C)c(CN2C(=O)C(=Cc3ccc(C(=O)NCCc4ccccc4)cc3)Sc3ccccc32)c1. The Labute approximate surface area is 228 Å². The maximum absolute atomic E-state index is 13.7. The molecule has 1 aliphatic rings. The van der Waals surface area contributed by atoms with Crippen molar-refractivity contribution in [2.45, 2.75) is 31.7 Å². The molecule has 1 N–H and O–H groups in total. The van der Waals surface area contributed by atoms with Crippen molar-refractivity contribution < 1.29 is 9.59 Å². The van der Waals surface area contributed by atoms with Crippen molar-refractivity contribution in [3.8, 4) is 0 Å². The van der Waals surface area contributed by atoms with Gasteiger partial charge in [-0.1, -0.05) is 90.1 Å². The smallest absolute Gasteiger partial charge is 0.265 e. The lowest BCUT2D eigenvalue weighted by molar-refractivity contribution is -0.114. The fourth-order valence-corrected chi connectivity index (χ4v) is 5.57. The van der Waals surface area contributed by atoms with Crippen LogP contribution in [0.2, 0.25) is 0 Å².